The lowest BCUT2D eigenvalue weighted by molar-refractivity contribution is -0.115. The summed E-state index contributed by atoms with van der Waals surface area (Å²) in [5, 5.41) is 2.63. The molecule has 0 fully saturated rings. The van der Waals surface area contributed by atoms with Crippen LogP contribution in [0.1, 0.15) is 17.7 Å². The fraction of sp³-hybridized carbons (Fsp3) is 0.136. The number of nitrogens with one attached hydrogen (secondary N) is 1. The molecular formula is C22H22N2O2S. The monoisotopic (exact) mass is 378 g/mol. The predicted octanol–water partition coefficient (Wildman–Crippen LogP) is 5.14. The van der Waals surface area contributed by atoms with Crippen molar-refractivity contribution in [2.75, 3.05) is 17.7 Å². The number of anilines is 2. The van der Waals surface area contributed by atoms with Crippen molar-refractivity contribution < 1.29 is 9.53 Å². The molecule has 138 valence electrons. The van der Waals surface area contributed by atoms with Crippen molar-refractivity contribution in [2.24, 2.45) is 0 Å². The number of hydrogen-bond acceptors (Lipinski definition) is 4. The molecule has 27 heavy (non-hydrogen) atoms. The van der Waals surface area contributed by atoms with Crippen molar-refractivity contribution in [2.45, 2.75) is 17.1 Å². The fourth-order valence-corrected chi connectivity index (χ4v) is 3.62. The first-order chi connectivity index (χ1) is 13.2. The first kappa shape index (κ1) is 18.9. The van der Waals surface area contributed by atoms with Crippen LogP contribution in [0.5, 0.6) is 5.75 Å². The van der Waals surface area contributed by atoms with E-state index < -0.39 is 0 Å². The van der Waals surface area contributed by atoms with E-state index >= 15 is 0 Å². The number of ether oxygens (including phenoxy) is 1. The van der Waals surface area contributed by atoms with E-state index in [4.69, 9.17) is 10.5 Å². The zero-order chi connectivity index (χ0) is 19.1. The predicted molar refractivity (Wildman–Crippen MR) is 112 cm³/mol. The lowest BCUT2D eigenvalue weighted by atomic mass is 10.1. The molecule has 5 heteroatoms. The van der Waals surface area contributed by atoms with Crippen LogP contribution in [0.3, 0.4) is 0 Å². The number of amides is 1. The average Bonchev–Trinajstić information content (AvgIpc) is 2.70. The Hall–Kier alpha value is -2.92. The first-order valence-corrected chi connectivity index (χ1v) is 9.64. The zero-order valence-corrected chi connectivity index (χ0v) is 15.9. The molecule has 3 N–H and O–H groups in total. The molecule has 1 atom stereocenters. The van der Waals surface area contributed by atoms with E-state index in [-0.39, 0.29) is 11.2 Å². The first-order valence-electron chi connectivity index (χ1n) is 8.76. The second-order valence-corrected chi connectivity index (χ2v) is 7.10. The largest absolute Gasteiger partial charge is 0.494 e. The molecule has 3 aromatic rings. The standard InChI is InChI=1S/C22H22N2O2S/c1-2-26-19-12-10-18(11-13-19)24-22(25)21(16-6-4-3-5-7-16)27-20-14-8-17(23)9-15-20/h3-15,21H,2,23H2,1H3,(H,24,25). The number of nitrogens with two attached hydrogens (primary N) is 1. The van der Waals surface area contributed by atoms with Gasteiger partial charge in [0.1, 0.15) is 11.0 Å². The van der Waals surface area contributed by atoms with Gasteiger partial charge >= 0.3 is 0 Å². The molecule has 0 spiro atoms. The smallest absolute Gasteiger partial charge is 0.242 e. The summed E-state index contributed by atoms with van der Waals surface area (Å²) in [6, 6.07) is 24.7. The van der Waals surface area contributed by atoms with Crippen molar-refractivity contribution in [1.82, 2.24) is 0 Å². The van der Waals surface area contributed by atoms with Crippen LogP contribution in [0.2, 0.25) is 0 Å². The molecule has 0 heterocycles. The minimum atomic E-state index is -0.374. The Bertz CT molecular complexity index is 865. The van der Waals surface area contributed by atoms with Gasteiger partial charge < -0.3 is 15.8 Å². The van der Waals surface area contributed by atoms with E-state index in [2.05, 4.69) is 5.32 Å². The summed E-state index contributed by atoms with van der Waals surface area (Å²) in [7, 11) is 0. The van der Waals surface area contributed by atoms with E-state index in [0.717, 1.165) is 21.9 Å². The fourth-order valence-electron chi connectivity index (χ4n) is 2.59. The van der Waals surface area contributed by atoms with Gasteiger partial charge in [0.2, 0.25) is 5.91 Å². The van der Waals surface area contributed by atoms with E-state index in [0.29, 0.717) is 12.3 Å². The van der Waals surface area contributed by atoms with Crippen molar-refractivity contribution in [3.05, 3.63) is 84.4 Å². The van der Waals surface area contributed by atoms with Crippen LogP contribution in [0, 0.1) is 0 Å². The van der Waals surface area contributed by atoms with Crippen molar-refractivity contribution >= 4 is 29.0 Å². The van der Waals surface area contributed by atoms with Gasteiger partial charge in [-0.2, -0.15) is 0 Å². The van der Waals surface area contributed by atoms with Crippen LogP contribution < -0.4 is 15.8 Å². The molecular weight excluding hydrogens is 356 g/mol. The van der Waals surface area contributed by atoms with E-state index in [9.17, 15) is 4.79 Å². The van der Waals surface area contributed by atoms with Crippen LogP contribution in [0.4, 0.5) is 11.4 Å². The highest BCUT2D eigenvalue weighted by atomic mass is 32.2. The number of benzene rings is 3. The molecule has 4 nitrogen and oxygen atoms in total. The van der Waals surface area contributed by atoms with E-state index in [1.54, 1.807) is 0 Å². The Labute approximate surface area is 163 Å². The zero-order valence-electron chi connectivity index (χ0n) is 15.1. The van der Waals surface area contributed by atoms with Crippen molar-refractivity contribution in [3.8, 4) is 5.75 Å². The maximum atomic E-state index is 13.0. The third-order valence-electron chi connectivity index (χ3n) is 3.91. The average molecular weight is 378 g/mol. The number of thioether (sulfide) groups is 1. The van der Waals surface area contributed by atoms with Gasteiger partial charge in [-0.05, 0) is 61.0 Å². The van der Waals surface area contributed by atoms with Gasteiger partial charge in [0.25, 0.3) is 0 Å². The topological polar surface area (TPSA) is 64.3 Å². The summed E-state index contributed by atoms with van der Waals surface area (Å²) in [4.78, 5) is 14.0. The lowest BCUT2D eigenvalue weighted by Gasteiger charge is -2.17. The van der Waals surface area contributed by atoms with Gasteiger partial charge in [0, 0.05) is 16.3 Å². The quantitative estimate of drug-likeness (QED) is 0.441. The summed E-state index contributed by atoms with van der Waals surface area (Å²) in [5.74, 6) is 0.707. The molecule has 0 bridgehead atoms. The maximum Gasteiger partial charge on any atom is 0.242 e. The number of carbonyl (C=O) groups is 1. The molecule has 1 unspecified atom stereocenters. The van der Waals surface area contributed by atoms with Crippen molar-refractivity contribution in [3.63, 3.8) is 0 Å². The molecule has 0 aromatic heterocycles. The number of rotatable bonds is 7. The minimum Gasteiger partial charge on any atom is -0.494 e. The second kappa shape index (κ2) is 9.14. The van der Waals surface area contributed by atoms with Crippen LogP contribution in [0.25, 0.3) is 0 Å². The van der Waals surface area contributed by atoms with E-state index in [1.165, 1.54) is 11.8 Å². The molecule has 0 saturated heterocycles. The van der Waals surface area contributed by atoms with Gasteiger partial charge in [0.15, 0.2) is 0 Å². The Morgan fingerprint density at radius 3 is 2.30 bits per heavy atom. The Kier molecular flexibility index (Phi) is 6.39. The molecule has 0 aliphatic heterocycles. The maximum absolute atomic E-state index is 13.0. The van der Waals surface area contributed by atoms with Gasteiger partial charge in [-0.1, -0.05) is 30.3 Å². The van der Waals surface area contributed by atoms with Gasteiger partial charge in [-0.3, -0.25) is 4.79 Å². The van der Waals surface area contributed by atoms with Gasteiger partial charge in [0.05, 0.1) is 6.61 Å². The summed E-state index contributed by atoms with van der Waals surface area (Å²) >= 11 is 1.50. The van der Waals surface area contributed by atoms with Crippen LogP contribution in [-0.2, 0) is 4.79 Å². The highest BCUT2D eigenvalue weighted by Gasteiger charge is 2.22. The van der Waals surface area contributed by atoms with Crippen LogP contribution in [-0.4, -0.2) is 12.5 Å². The molecule has 0 aliphatic carbocycles. The summed E-state index contributed by atoms with van der Waals surface area (Å²) < 4.78 is 5.44. The van der Waals surface area contributed by atoms with Gasteiger partial charge in [-0.25, -0.2) is 0 Å². The highest BCUT2D eigenvalue weighted by molar-refractivity contribution is 8.00. The lowest BCUT2D eigenvalue weighted by Crippen LogP contribution is -2.19. The Balaban J connectivity index is 1.79. The summed E-state index contributed by atoms with van der Waals surface area (Å²) in [6.45, 7) is 2.55. The molecule has 3 aromatic carbocycles. The molecule has 3 rings (SSSR count). The van der Waals surface area contributed by atoms with Gasteiger partial charge in [-0.15, -0.1) is 11.8 Å². The molecule has 0 aliphatic rings. The second-order valence-electron chi connectivity index (χ2n) is 5.92. The van der Waals surface area contributed by atoms with E-state index in [1.807, 2.05) is 85.8 Å². The Morgan fingerprint density at radius 2 is 1.67 bits per heavy atom. The third-order valence-corrected chi connectivity index (χ3v) is 5.17. The van der Waals surface area contributed by atoms with Crippen LogP contribution >= 0.6 is 11.8 Å². The summed E-state index contributed by atoms with van der Waals surface area (Å²) in [5.41, 5.74) is 8.15. The number of nitrogen functional groups attached to an aromatic ring is 1. The minimum absolute atomic E-state index is 0.0767. The SMILES string of the molecule is CCOc1ccc(NC(=O)C(Sc2ccc(N)cc2)c2ccccc2)cc1. The normalized spacial score (nSPS) is 11.6. The Morgan fingerprint density at radius 1 is 1.00 bits per heavy atom. The molecule has 0 saturated carbocycles. The third kappa shape index (κ3) is 5.28. The number of hydrogen-bond donors (Lipinski definition) is 2. The van der Waals surface area contributed by atoms with Crippen molar-refractivity contribution in [1.29, 1.82) is 0 Å². The summed E-state index contributed by atoms with van der Waals surface area (Å²) in [6.07, 6.45) is 0. The van der Waals surface area contributed by atoms with Crippen LogP contribution in [0.15, 0.2) is 83.8 Å². The molecule has 0 radical (unpaired) electrons. The number of carbonyl (C=O) groups excluding carboxylic acids is 1. The molecule has 1 amide bonds. The highest BCUT2D eigenvalue weighted by Crippen LogP contribution is 2.36.